The van der Waals surface area contributed by atoms with Crippen LogP contribution in [0.25, 0.3) is 0 Å². The van der Waals surface area contributed by atoms with E-state index < -0.39 is 42.7 Å². The molecular weight excluding hydrogens is 411 g/mol. The summed E-state index contributed by atoms with van der Waals surface area (Å²) in [5.41, 5.74) is -2.27. The maximum atomic E-state index is 12.8. The van der Waals surface area contributed by atoms with Gasteiger partial charge in [0.05, 0.1) is 13.9 Å². The zero-order chi connectivity index (χ0) is 22.1. The highest BCUT2D eigenvalue weighted by Gasteiger charge is 2.68. The average molecular weight is 438 g/mol. The van der Waals surface area contributed by atoms with Gasteiger partial charge in [-0.05, 0) is 56.1 Å². The molecule has 0 aromatic heterocycles. The highest BCUT2D eigenvalue weighted by molar-refractivity contribution is 7.43. The van der Waals surface area contributed by atoms with E-state index in [2.05, 4.69) is 4.52 Å². The molecule has 0 saturated heterocycles. The van der Waals surface area contributed by atoms with E-state index in [4.69, 9.17) is 0 Å². The van der Waals surface area contributed by atoms with Crippen LogP contribution in [0.2, 0.25) is 0 Å². The first-order chi connectivity index (χ1) is 13.8. The summed E-state index contributed by atoms with van der Waals surface area (Å²) < 4.78 is 14.9. The van der Waals surface area contributed by atoms with Crippen LogP contribution in [0.3, 0.4) is 0 Å². The van der Waals surface area contributed by atoms with Crippen molar-refractivity contribution in [3.05, 3.63) is 23.8 Å². The Morgan fingerprint density at radius 1 is 1.33 bits per heavy atom. The molecule has 0 aliphatic heterocycles. The van der Waals surface area contributed by atoms with Crippen molar-refractivity contribution < 1.29 is 38.7 Å². The van der Waals surface area contributed by atoms with Crippen LogP contribution < -0.4 is 9.79 Å². The summed E-state index contributed by atoms with van der Waals surface area (Å²) in [6.07, 6.45) is 6.56. The number of allylic oxidation sites excluding steroid dienone is 4. The number of carbonyl (C=O) groups excluding carboxylic acids is 2. The first kappa shape index (κ1) is 22.1. The van der Waals surface area contributed by atoms with Gasteiger partial charge in [-0.1, -0.05) is 25.5 Å². The average Bonchev–Trinajstić information content (AvgIpc) is 2.91. The molecule has 4 aliphatic rings. The molecule has 8 nitrogen and oxygen atoms in total. The second-order valence-corrected chi connectivity index (χ2v) is 10.9. The number of aliphatic hydroxyl groups excluding tert-OH is 1. The maximum Gasteiger partial charge on any atom is 0.190 e. The quantitative estimate of drug-likeness (QED) is 0.600. The van der Waals surface area contributed by atoms with Crippen LogP contribution in [0, 0.1) is 28.6 Å². The van der Waals surface area contributed by atoms with Gasteiger partial charge in [-0.3, -0.25) is 9.59 Å². The summed E-state index contributed by atoms with van der Waals surface area (Å²) in [4.78, 5) is 46.2. The molecule has 3 unspecified atom stereocenters. The number of phosphoric acid groups is 1. The van der Waals surface area contributed by atoms with E-state index in [1.54, 1.807) is 19.1 Å². The standard InChI is InChI=1S/C21H29O8P/c1-19-7-5-13(22)9-12(19)3-4-14-15-6-8-21(25,17(24)11-29-30(26,27)28)20(15,2)10-16(23)18(14)19/h5,7,9,14-16,18,23,25H,3-4,6,8,10-11H2,1-2H3,(H2,26,27,28)/p-2/t14?,15?,16-,18?,19-,20-,21-/m0/s1. The lowest BCUT2D eigenvalue weighted by atomic mass is 9.46. The SMILES string of the molecule is C[C@]12C=CC(=O)C=C1CCC1C2[C@@H](O)C[C@@]2(C)C1CC[C@]2(O)C(=O)COP(=O)([O-])[O-]. The summed E-state index contributed by atoms with van der Waals surface area (Å²) >= 11 is 0. The lowest BCUT2D eigenvalue weighted by Crippen LogP contribution is -2.61. The van der Waals surface area contributed by atoms with Crippen LogP contribution in [0.15, 0.2) is 23.8 Å². The van der Waals surface area contributed by atoms with Gasteiger partial charge in [0.1, 0.15) is 12.2 Å². The monoisotopic (exact) mass is 438 g/mol. The Morgan fingerprint density at radius 3 is 2.70 bits per heavy atom. The topological polar surface area (TPSA) is 147 Å². The van der Waals surface area contributed by atoms with E-state index in [9.17, 15) is 34.2 Å². The van der Waals surface area contributed by atoms with Crippen molar-refractivity contribution in [3.63, 3.8) is 0 Å². The number of rotatable bonds is 4. The van der Waals surface area contributed by atoms with Crippen molar-refractivity contribution in [2.75, 3.05) is 6.61 Å². The number of Topliss-reactive ketones (excluding diaryl/α,β-unsaturated/α-hetero) is 1. The Morgan fingerprint density at radius 2 is 2.03 bits per heavy atom. The van der Waals surface area contributed by atoms with Crippen molar-refractivity contribution in [2.24, 2.45) is 28.6 Å². The minimum absolute atomic E-state index is 0.0339. The summed E-state index contributed by atoms with van der Waals surface area (Å²) in [5.74, 6) is -1.05. The van der Waals surface area contributed by atoms with Crippen LogP contribution in [-0.2, 0) is 18.7 Å². The molecule has 0 aromatic rings. The summed E-state index contributed by atoms with van der Waals surface area (Å²) in [5, 5.41) is 22.6. The number of fused-ring (bicyclic) bond motifs is 5. The summed E-state index contributed by atoms with van der Waals surface area (Å²) in [6.45, 7) is 2.80. The van der Waals surface area contributed by atoms with E-state index in [0.717, 1.165) is 12.0 Å². The highest BCUT2D eigenvalue weighted by Crippen LogP contribution is 2.67. The number of hydrogen-bond donors (Lipinski definition) is 2. The fourth-order valence-corrected chi connectivity index (χ4v) is 7.32. The van der Waals surface area contributed by atoms with Crippen LogP contribution in [-0.4, -0.2) is 40.1 Å². The van der Waals surface area contributed by atoms with Gasteiger partial charge in [-0.15, -0.1) is 0 Å². The molecule has 0 heterocycles. The molecule has 0 radical (unpaired) electrons. The molecule has 4 aliphatic carbocycles. The van der Waals surface area contributed by atoms with Crippen LogP contribution in [0.4, 0.5) is 0 Å². The predicted octanol–water partition coefficient (Wildman–Crippen LogP) is 0.411. The summed E-state index contributed by atoms with van der Waals surface area (Å²) in [6, 6.07) is 0. The van der Waals surface area contributed by atoms with Gasteiger partial charge < -0.3 is 29.1 Å². The van der Waals surface area contributed by atoms with Crippen molar-refractivity contribution in [1.82, 2.24) is 0 Å². The Balaban J connectivity index is 1.65. The summed E-state index contributed by atoms with van der Waals surface area (Å²) in [7, 11) is -5.34. The fraction of sp³-hybridized carbons (Fsp3) is 0.714. The molecule has 0 amide bonds. The second kappa shape index (κ2) is 6.92. The first-order valence-electron chi connectivity index (χ1n) is 10.4. The second-order valence-electron chi connectivity index (χ2n) is 9.75. The largest absolute Gasteiger partial charge is 0.790 e. The number of phosphoric ester groups is 1. The van der Waals surface area contributed by atoms with E-state index >= 15 is 0 Å². The van der Waals surface area contributed by atoms with Crippen molar-refractivity contribution >= 4 is 19.4 Å². The Bertz CT molecular complexity index is 889. The van der Waals surface area contributed by atoms with Crippen molar-refractivity contribution in [1.29, 1.82) is 0 Å². The molecule has 0 aromatic carbocycles. The lowest BCUT2D eigenvalue weighted by molar-refractivity contribution is -0.341. The van der Waals surface area contributed by atoms with Crippen LogP contribution >= 0.6 is 7.82 Å². The normalized spacial score (nSPS) is 45.4. The van der Waals surface area contributed by atoms with E-state index in [1.165, 1.54) is 0 Å². The number of hydrogen-bond acceptors (Lipinski definition) is 8. The number of aliphatic hydroxyl groups is 2. The maximum absolute atomic E-state index is 12.8. The third-order valence-electron chi connectivity index (χ3n) is 8.46. The van der Waals surface area contributed by atoms with E-state index in [1.807, 2.05) is 13.0 Å². The predicted molar refractivity (Wildman–Crippen MR) is 102 cm³/mol. The van der Waals surface area contributed by atoms with Crippen LogP contribution in [0.5, 0.6) is 0 Å². The van der Waals surface area contributed by atoms with Crippen molar-refractivity contribution in [2.45, 2.75) is 57.7 Å². The third kappa shape index (κ3) is 3.12. The van der Waals surface area contributed by atoms with Gasteiger partial charge in [-0.2, -0.15) is 0 Å². The molecule has 3 saturated carbocycles. The zero-order valence-corrected chi connectivity index (χ0v) is 18.0. The van der Waals surface area contributed by atoms with Gasteiger partial charge in [0.25, 0.3) is 0 Å². The Labute approximate surface area is 175 Å². The van der Waals surface area contributed by atoms with Gasteiger partial charge in [0.15, 0.2) is 11.6 Å². The lowest BCUT2D eigenvalue weighted by Gasteiger charge is -2.59. The zero-order valence-electron chi connectivity index (χ0n) is 17.1. The molecule has 7 atom stereocenters. The third-order valence-corrected chi connectivity index (χ3v) is 8.91. The minimum atomic E-state index is -5.34. The van der Waals surface area contributed by atoms with E-state index in [-0.39, 0.29) is 36.4 Å². The van der Waals surface area contributed by atoms with Gasteiger partial charge >= 0.3 is 0 Å². The molecule has 9 heteroatoms. The molecule has 3 fully saturated rings. The fourth-order valence-electron chi connectivity index (χ4n) is 7.05. The molecule has 4 rings (SSSR count). The smallest absolute Gasteiger partial charge is 0.190 e. The molecule has 2 N–H and O–H groups in total. The first-order valence-corrected chi connectivity index (χ1v) is 11.8. The molecule has 166 valence electrons. The highest BCUT2D eigenvalue weighted by atomic mass is 31.2. The molecule has 0 bridgehead atoms. The van der Waals surface area contributed by atoms with Gasteiger partial charge in [0, 0.05) is 16.7 Å². The molecule has 30 heavy (non-hydrogen) atoms. The molecule has 0 spiro atoms. The molecular formula is C21H27O8P-2. The van der Waals surface area contributed by atoms with Gasteiger partial charge in [-0.25, -0.2) is 0 Å². The van der Waals surface area contributed by atoms with E-state index in [0.29, 0.717) is 12.8 Å². The van der Waals surface area contributed by atoms with Crippen molar-refractivity contribution in [3.8, 4) is 0 Å². The van der Waals surface area contributed by atoms with Gasteiger partial charge in [0.2, 0.25) is 0 Å². The number of ketones is 2. The van der Waals surface area contributed by atoms with Crippen LogP contribution in [0.1, 0.15) is 46.0 Å². The Kier molecular flexibility index (Phi) is 5.09. The Hall–Kier alpha value is -1.15. The minimum Gasteiger partial charge on any atom is -0.790 e. The number of carbonyl (C=O) groups is 2.